The van der Waals surface area contributed by atoms with E-state index in [1.165, 1.54) is 11.9 Å². The van der Waals surface area contributed by atoms with Gasteiger partial charge in [0.25, 0.3) is 0 Å². The van der Waals surface area contributed by atoms with Gasteiger partial charge in [-0.1, -0.05) is 27.2 Å². The van der Waals surface area contributed by atoms with Gasteiger partial charge in [-0.05, 0) is 12.3 Å². The fourth-order valence-corrected chi connectivity index (χ4v) is 1.67. The summed E-state index contributed by atoms with van der Waals surface area (Å²) in [6.45, 7) is 6.44. The number of aliphatic carboxylic acids is 1. The lowest BCUT2D eigenvalue weighted by atomic mass is 10.0. The molecule has 0 saturated carbocycles. The molecular weight excluding hydrogens is 274 g/mol. The number of carboxylic acid groups (broad SMARTS) is 1. The molecule has 0 saturated heterocycles. The number of carbonyl (C=O) groups is 3. The van der Waals surface area contributed by atoms with Crippen molar-refractivity contribution in [2.75, 3.05) is 26.7 Å². The summed E-state index contributed by atoms with van der Waals surface area (Å²) in [5.41, 5.74) is 0. The van der Waals surface area contributed by atoms with E-state index in [1.54, 1.807) is 0 Å². The van der Waals surface area contributed by atoms with E-state index in [0.717, 1.165) is 6.42 Å². The molecule has 0 radical (unpaired) electrons. The molecule has 7 nitrogen and oxygen atoms in total. The van der Waals surface area contributed by atoms with Crippen molar-refractivity contribution < 1.29 is 19.5 Å². The van der Waals surface area contributed by atoms with Crippen LogP contribution < -0.4 is 10.6 Å². The van der Waals surface area contributed by atoms with Crippen molar-refractivity contribution in [3.8, 4) is 0 Å². The third kappa shape index (κ3) is 8.88. The summed E-state index contributed by atoms with van der Waals surface area (Å²) < 4.78 is 0. The average Bonchev–Trinajstić information content (AvgIpc) is 2.40. The first kappa shape index (κ1) is 19.2. The quantitative estimate of drug-likeness (QED) is 0.589. The molecule has 122 valence electrons. The predicted octanol–water partition coefficient (Wildman–Crippen LogP) is 0.901. The molecule has 7 heteroatoms. The highest BCUT2D eigenvalue weighted by Gasteiger charge is 2.19. The molecule has 1 unspecified atom stereocenters. The Kier molecular flexibility index (Phi) is 9.16. The van der Waals surface area contributed by atoms with Crippen LogP contribution in [0.2, 0.25) is 0 Å². The normalized spacial score (nSPS) is 11.9. The number of rotatable bonds is 9. The maximum absolute atomic E-state index is 11.8. The lowest BCUT2D eigenvalue weighted by Gasteiger charge is -2.19. The van der Waals surface area contributed by atoms with Crippen molar-refractivity contribution in [1.29, 1.82) is 0 Å². The van der Waals surface area contributed by atoms with Gasteiger partial charge in [0.1, 0.15) is 6.54 Å². The summed E-state index contributed by atoms with van der Waals surface area (Å²) in [5, 5.41) is 14.3. The molecule has 0 aromatic rings. The lowest BCUT2D eigenvalue weighted by molar-refractivity contribution is -0.141. The number of urea groups is 1. The average molecular weight is 301 g/mol. The summed E-state index contributed by atoms with van der Waals surface area (Å²) >= 11 is 0. The number of carboxylic acids is 1. The molecule has 0 aliphatic carbocycles. The molecule has 3 amide bonds. The van der Waals surface area contributed by atoms with Gasteiger partial charge in [0, 0.05) is 20.1 Å². The van der Waals surface area contributed by atoms with Crippen LogP contribution in [0.4, 0.5) is 4.79 Å². The van der Waals surface area contributed by atoms with Crippen molar-refractivity contribution in [1.82, 2.24) is 15.5 Å². The largest absolute Gasteiger partial charge is 0.481 e. The van der Waals surface area contributed by atoms with Crippen LogP contribution in [0.1, 0.15) is 33.6 Å². The predicted molar refractivity (Wildman–Crippen MR) is 79.9 cm³/mol. The molecule has 0 fully saturated rings. The maximum atomic E-state index is 11.8. The van der Waals surface area contributed by atoms with Crippen molar-refractivity contribution in [2.45, 2.75) is 33.6 Å². The van der Waals surface area contributed by atoms with Crippen LogP contribution in [-0.2, 0) is 9.59 Å². The zero-order valence-corrected chi connectivity index (χ0v) is 13.3. The van der Waals surface area contributed by atoms with Gasteiger partial charge < -0.3 is 20.6 Å². The molecule has 0 spiro atoms. The van der Waals surface area contributed by atoms with E-state index in [0.29, 0.717) is 18.9 Å². The first-order chi connectivity index (χ1) is 9.77. The number of nitrogens with one attached hydrogen (secondary N) is 2. The van der Waals surface area contributed by atoms with Gasteiger partial charge in [-0.15, -0.1) is 0 Å². The summed E-state index contributed by atoms with van der Waals surface area (Å²) in [7, 11) is 1.50. The summed E-state index contributed by atoms with van der Waals surface area (Å²) in [6, 6.07) is -0.447. The molecule has 0 heterocycles. The smallest absolute Gasteiger partial charge is 0.317 e. The Morgan fingerprint density at radius 3 is 2.24 bits per heavy atom. The first-order valence-electron chi connectivity index (χ1n) is 7.26. The van der Waals surface area contributed by atoms with Crippen LogP contribution in [0.15, 0.2) is 0 Å². The molecule has 0 aromatic carbocycles. The highest BCUT2D eigenvalue weighted by molar-refractivity contribution is 5.84. The van der Waals surface area contributed by atoms with Crippen LogP contribution in [-0.4, -0.2) is 54.6 Å². The second-order valence-corrected chi connectivity index (χ2v) is 5.56. The van der Waals surface area contributed by atoms with Gasteiger partial charge in [-0.25, -0.2) is 4.79 Å². The Labute approximate surface area is 126 Å². The Morgan fingerprint density at radius 1 is 1.14 bits per heavy atom. The number of hydrogen-bond donors (Lipinski definition) is 3. The monoisotopic (exact) mass is 301 g/mol. The first-order valence-corrected chi connectivity index (χ1v) is 7.26. The number of likely N-dealkylation sites (N-methyl/N-ethyl adjacent to an activating group) is 1. The molecule has 0 aliphatic rings. The van der Waals surface area contributed by atoms with Gasteiger partial charge >= 0.3 is 12.0 Å². The van der Waals surface area contributed by atoms with E-state index >= 15 is 0 Å². The van der Waals surface area contributed by atoms with E-state index in [-0.39, 0.29) is 19.0 Å². The van der Waals surface area contributed by atoms with Crippen LogP contribution in [0.3, 0.4) is 0 Å². The minimum absolute atomic E-state index is 0.0515. The van der Waals surface area contributed by atoms with E-state index < -0.39 is 17.9 Å². The van der Waals surface area contributed by atoms with Crippen LogP contribution in [0, 0.1) is 11.8 Å². The number of nitrogens with zero attached hydrogens (tertiary/aromatic N) is 1. The van der Waals surface area contributed by atoms with E-state index in [1.807, 2.05) is 20.8 Å². The molecule has 0 bridgehead atoms. The van der Waals surface area contributed by atoms with E-state index in [2.05, 4.69) is 10.6 Å². The SMILES string of the molecule is CCCC(CNC(=O)N(C)CC(=O)NCC(C)C)C(=O)O. The Bertz CT molecular complexity index is 358. The minimum atomic E-state index is -0.922. The second-order valence-electron chi connectivity index (χ2n) is 5.56. The Hall–Kier alpha value is -1.79. The molecule has 0 aliphatic heterocycles. The third-order valence-corrected chi connectivity index (χ3v) is 2.92. The molecule has 0 rings (SSSR count). The van der Waals surface area contributed by atoms with Gasteiger partial charge in [0.2, 0.25) is 5.91 Å². The summed E-state index contributed by atoms with van der Waals surface area (Å²) in [4.78, 5) is 35.6. The van der Waals surface area contributed by atoms with Crippen LogP contribution in [0.25, 0.3) is 0 Å². The van der Waals surface area contributed by atoms with Gasteiger partial charge in [0.15, 0.2) is 0 Å². The fourth-order valence-electron chi connectivity index (χ4n) is 1.67. The number of amides is 3. The van der Waals surface area contributed by atoms with Crippen LogP contribution >= 0.6 is 0 Å². The number of carbonyl (C=O) groups excluding carboxylic acids is 2. The Balaban J connectivity index is 4.14. The van der Waals surface area contributed by atoms with E-state index in [9.17, 15) is 14.4 Å². The fraction of sp³-hybridized carbons (Fsp3) is 0.786. The lowest BCUT2D eigenvalue weighted by Crippen LogP contribution is -2.45. The van der Waals surface area contributed by atoms with Crippen LogP contribution in [0.5, 0.6) is 0 Å². The maximum Gasteiger partial charge on any atom is 0.317 e. The molecular formula is C14H27N3O4. The zero-order chi connectivity index (χ0) is 16.4. The minimum Gasteiger partial charge on any atom is -0.481 e. The second kappa shape index (κ2) is 10.0. The Morgan fingerprint density at radius 2 is 1.76 bits per heavy atom. The topological polar surface area (TPSA) is 98.7 Å². The highest BCUT2D eigenvalue weighted by atomic mass is 16.4. The van der Waals surface area contributed by atoms with Gasteiger partial charge in [-0.2, -0.15) is 0 Å². The summed E-state index contributed by atoms with van der Waals surface area (Å²) in [6.07, 6.45) is 1.24. The summed E-state index contributed by atoms with van der Waals surface area (Å²) in [5.74, 6) is -1.40. The zero-order valence-electron chi connectivity index (χ0n) is 13.3. The third-order valence-electron chi connectivity index (χ3n) is 2.92. The standard InChI is InChI=1S/C14H27N3O4/c1-5-6-11(13(19)20)8-16-14(21)17(4)9-12(18)15-7-10(2)3/h10-11H,5-9H2,1-4H3,(H,15,18)(H,16,21)(H,19,20). The van der Waals surface area contributed by atoms with Crippen molar-refractivity contribution >= 4 is 17.9 Å². The molecule has 21 heavy (non-hydrogen) atoms. The van der Waals surface area contributed by atoms with E-state index in [4.69, 9.17) is 5.11 Å². The molecule has 1 atom stereocenters. The number of hydrogen-bond acceptors (Lipinski definition) is 3. The van der Waals surface area contributed by atoms with Crippen molar-refractivity contribution in [3.63, 3.8) is 0 Å². The van der Waals surface area contributed by atoms with Crippen molar-refractivity contribution in [3.05, 3.63) is 0 Å². The highest BCUT2D eigenvalue weighted by Crippen LogP contribution is 2.05. The molecule has 3 N–H and O–H groups in total. The molecule has 0 aromatic heterocycles. The van der Waals surface area contributed by atoms with Gasteiger partial charge in [0.05, 0.1) is 5.92 Å². The van der Waals surface area contributed by atoms with Crippen molar-refractivity contribution in [2.24, 2.45) is 11.8 Å². The van der Waals surface area contributed by atoms with Gasteiger partial charge in [-0.3, -0.25) is 9.59 Å².